The van der Waals surface area contributed by atoms with Crippen molar-refractivity contribution in [3.05, 3.63) is 170 Å². The summed E-state index contributed by atoms with van der Waals surface area (Å²) < 4.78 is 7.01. The van der Waals surface area contributed by atoms with Gasteiger partial charge in [-0.2, -0.15) is 0 Å². The fourth-order valence-corrected chi connectivity index (χ4v) is 7.34. The van der Waals surface area contributed by atoms with Crippen molar-refractivity contribution < 1.29 is 0 Å². The van der Waals surface area contributed by atoms with Gasteiger partial charge >= 0.3 is 0 Å². The second-order valence-corrected chi connectivity index (χ2v) is 12.1. The maximum atomic E-state index is 5.02. The highest BCUT2D eigenvalue weighted by molar-refractivity contribution is 6.20. The number of hydrogen-bond acceptors (Lipinski definition) is 1. The topological polar surface area (TPSA) is 27.7 Å². The van der Waals surface area contributed by atoms with Gasteiger partial charge in [-0.15, -0.1) is 0 Å². The zero-order valence-electron chi connectivity index (χ0n) is 25.5. The Kier molecular flexibility index (Phi) is 5.54. The zero-order chi connectivity index (χ0) is 30.9. The van der Waals surface area contributed by atoms with Crippen molar-refractivity contribution in [2.45, 2.75) is 0 Å². The molecule has 0 spiro atoms. The third-order valence-corrected chi connectivity index (χ3v) is 9.50. The van der Waals surface area contributed by atoms with Crippen molar-refractivity contribution in [3.63, 3.8) is 0 Å². The van der Waals surface area contributed by atoms with Crippen molar-refractivity contribution in [1.29, 1.82) is 0 Å². The van der Waals surface area contributed by atoms with Crippen molar-refractivity contribution in [1.82, 2.24) is 18.7 Å². The van der Waals surface area contributed by atoms with Gasteiger partial charge in [-0.25, -0.2) is 4.98 Å². The van der Waals surface area contributed by atoms with Gasteiger partial charge in [0.15, 0.2) is 0 Å². The molecule has 0 amide bonds. The number of hydrogen-bond donors (Lipinski definition) is 0. The average molecular weight is 601 g/mol. The normalized spacial score (nSPS) is 11.8. The van der Waals surface area contributed by atoms with Crippen LogP contribution in [-0.4, -0.2) is 18.7 Å². The fraction of sp³-hybridized carbons (Fsp3) is 0. The van der Waals surface area contributed by atoms with Crippen molar-refractivity contribution in [2.75, 3.05) is 0 Å². The number of fused-ring (bicyclic) bond motifs is 7. The molecule has 0 radical (unpaired) electrons. The minimum Gasteiger partial charge on any atom is -0.316 e. The lowest BCUT2D eigenvalue weighted by molar-refractivity contribution is 1.08. The number of benzene rings is 6. The summed E-state index contributed by atoms with van der Waals surface area (Å²) in [6, 6.07) is 56.4. The van der Waals surface area contributed by atoms with Gasteiger partial charge in [-0.05, 0) is 78.4 Å². The summed E-state index contributed by atoms with van der Waals surface area (Å²) >= 11 is 0. The van der Waals surface area contributed by atoms with Crippen LogP contribution in [0.1, 0.15) is 0 Å². The second-order valence-electron chi connectivity index (χ2n) is 12.1. The average Bonchev–Trinajstić information content (AvgIpc) is 3.80. The maximum absolute atomic E-state index is 5.02. The molecule has 0 saturated carbocycles. The molecule has 0 aliphatic rings. The Balaban J connectivity index is 1.28. The Hall–Kier alpha value is -6.39. The predicted molar refractivity (Wildman–Crippen MR) is 195 cm³/mol. The third kappa shape index (κ3) is 3.92. The van der Waals surface area contributed by atoms with Crippen molar-refractivity contribution >= 4 is 54.5 Å². The van der Waals surface area contributed by atoms with Gasteiger partial charge in [0, 0.05) is 56.3 Å². The first kappa shape index (κ1) is 25.9. The lowest BCUT2D eigenvalue weighted by Gasteiger charge is -2.10. The van der Waals surface area contributed by atoms with Crippen molar-refractivity contribution in [2.24, 2.45) is 0 Å². The largest absolute Gasteiger partial charge is 0.316 e. The first-order valence-corrected chi connectivity index (χ1v) is 16.0. The molecule has 4 nitrogen and oxygen atoms in total. The molecule has 6 aromatic carbocycles. The van der Waals surface area contributed by atoms with Crippen LogP contribution in [0.2, 0.25) is 0 Å². The van der Waals surface area contributed by atoms with E-state index in [0.29, 0.717) is 0 Å². The number of aromatic nitrogens is 4. The van der Waals surface area contributed by atoms with Gasteiger partial charge in [0.1, 0.15) is 5.82 Å². The van der Waals surface area contributed by atoms with Gasteiger partial charge in [0.05, 0.1) is 27.6 Å². The van der Waals surface area contributed by atoms with E-state index < -0.39 is 0 Å². The van der Waals surface area contributed by atoms with Gasteiger partial charge in [0.2, 0.25) is 0 Å². The molecule has 4 aromatic heterocycles. The van der Waals surface area contributed by atoms with Gasteiger partial charge in [-0.3, -0.25) is 4.57 Å². The SMILES string of the molecule is c1ccc(-c2ccc(-n3c4ccccc4c4cc5c6cc7ccn(-c8ccccc8)c7cc6n(-c6ccccc6)c5cc43)nc2)cc1. The van der Waals surface area contributed by atoms with E-state index in [-0.39, 0.29) is 0 Å². The van der Waals surface area contributed by atoms with E-state index in [1.165, 1.54) is 43.5 Å². The van der Waals surface area contributed by atoms with Crippen LogP contribution in [0, 0.1) is 0 Å². The molecular formula is C43H28N4. The van der Waals surface area contributed by atoms with Crippen LogP contribution in [0.25, 0.3) is 82.8 Å². The minimum absolute atomic E-state index is 0.903. The highest BCUT2D eigenvalue weighted by Crippen LogP contribution is 2.41. The van der Waals surface area contributed by atoms with Crippen LogP contribution in [0.4, 0.5) is 0 Å². The highest BCUT2D eigenvalue weighted by Gasteiger charge is 2.20. The summed E-state index contributed by atoms with van der Waals surface area (Å²) in [5.41, 5.74) is 10.4. The zero-order valence-corrected chi connectivity index (χ0v) is 25.5. The monoisotopic (exact) mass is 600 g/mol. The third-order valence-electron chi connectivity index (χ3n) is 9.50. The van der Waals surface area contributed by atoms with Crippen LogP contribution in [0.3, 0.4) is 0 Å². The molecule has 220 valence electrons. The summed E-state index contributed by atoms with van der Waals surface area (Å²) in [6.07, 6.45) is 4.16. The van der Waals surface area contributed by atoms with Crippen LogP contribution in [0.15, 0.2) is 170 Å². The predicted octanol–water partition coefficient (Wildman–Crippen LogP) is 10.9. The van der Waals surface area contributed by atoms with Crippen LogP contribution in [0.5, 0.6) is 0 Å². The summed E-state index contributed by atoms with van der Waals surface area (Å²) in [6.45, 7) is 0. The molecule has 0 aliphatic carbocycles. The lowest BCUT2D eigenvalue weighted by atomic mass is 10.1. The molecule has 10 rings (SSSR count). The van der Waals surface area contributed by atoms with E-state index in [2.05, 4.69) is 172 Å². The summed E-state index contributed by atoms with van der Waals surface area (Å²) in [5, 5.41) is 6.14. The molecule has 0 atom stereocenters. The van der Waals surface area contributed by atoms with E-state index in [1.54, 1.807) is 0 Å². The summed E-state index contributed by atoms with van der Waals surface area (Å²) in [5.74, 6) is 0.903. The molecule has 4 heterocycles. The van der Waals surface area contributed by atoms with E-state index >= 15 is 0 Å². The van der Waals surface area contributed by atoms with E-state index in [1.807, 2.05) is 12.3 Å². The van der Waals surface area contributed by atoms with Gasteiger partial charge < -0.3 is 9.13 Å². The van der Waals surface area contributed by atoms with Crippen LogP contribution in [-0.2, 0) is 0 Å². The van der Waals surface area contributed by atoms with Crippen LogP contribution < -0.4 is 0 Å². The Morgan fingerprint density at radius 3 is 1.74 bits per heavy atom. The molecule has 4 heteroatoms. The van der Waals surface area contributed by atoms with E-state index in [9.17, 15) is 0 Å². The van der Waals surface area contributed by atoms with E-state index in [0.717, 1.165) is 39.4 Å². The Bertz CT molecular complexity index is 2750. The quantitative estimate of drug-likeness (QED) is 0.197. The lowest BCUT2D eigenvalue weighted by Crippen LogP contribution is -1.98. The maximum Gasteiger partial charge on any atom is 0.137 e. The summed E-state index contributed by atoms with van der Waals surface area (Å²) in [4.78, 5) is 5.02. The van der Waals surface area contributed by atoms with Crippen molar-refractivity contribution in [3.8, 4) is 28.3 Å². The molecule has 10 aromatic rings. The number of nitrogens with zero attached hydrogens (tertiary/aromatic N) is 4. The molecule has 0 unspecified atom stereocenters. The molecule has 0 aliphatic heterocycles. The van der Waals surface area contributed by atoms with E-state index in [4.69, 9.17) is 4.98 Å². The number of pyridine rings is 1. The summed E-state index contributed by atoms with van der Waals surface area (Å²) in [7, 11) is 0. The molecule has 0 bridgehead atoms. The Morgan fingerprint density at radius 2 is 1.00 bits per heavy atom. The standard InChI is InChI=1S/C43H28N4/c1-4-12-29(13-5-1)31-20-21-43(44-28-31)47-38-19-11-10-18-34(38)36-25-37-35-24-30-22-23-45(32-14-6-2-7-15-32)39(30)26-40(35)46(41(37)27-42(36)47)33-16-8-3-9-17-33/h1-28H. The molecule has 47 heavy (non-hydrogen) atoms. The number of para-hydroxylation sites is 3. The first-order chi connectivity index (χ1) is 23.3. The first-order valence-electron chi connectivity index (χ1n) is 16.0. The minimum atomic E-state index is 0.903. The van der Waals surface area contributed by atoms with Gasteiger partial charge in [-0.1, -0.05) is 84.9 Å². The molecular weight excluding hydrogens is 573 g/mol. The number of rotatable bonds is 4. The molecule has 0 saturated heterocycles. The van der Waals surface area contributed by atoms with Gasteiger partial charge in [0.25, 0.3) is 0 Å². The highest BCUT2D eigenvalue weighted by atomic mass is 15.1. The molecule has 0 fully saturated rings. The Labute approximate surface area is 271 Å². The molecule has 0 N–H and O–H groups in total. The van der Waals surface area contributed by atoms with Crippen LogP contribution >= 0.6 is 0 Å². The second kappa shape index (κ2) is 10.1. The smallest absolute Gasteiger partial charge is 0.137 e. The fourth-order valence-electron chi connectivity index (χ4n) is 7.34. The Morgan fingerprint density at radius 1 is 0.383 bits per heavy atom.